The summed E-state index contributed by atoms with van der Waals surface area (Å²) in [5, 5.41) is 11.8. The van der Waals surface area contributed by atoms with Crippen LogP contribution in [0.5, 0.6) is 0 Å². The third-order valence-corrected chi connectivity index (χ3v) is 3.78. The van der Waals surface area contributed by atoms with Crippen LogP contribution in [0.3, 0.4) is 0 Å². The SMILES string of the molecule is CC1CNC(=O)C(CC#N)N(c2ccc(Br)cc2)C1. The normalized spacial score (nSPS) is 23.4. The Kier molecular flexibility index (Phi) is 4.43. The molecule has 1 aromatic rings. The Morgan fingerprint density at radius 3 is 2.79 bits per heavy atom. The number of hydrogen-bond donors (Lipinski definition) is 1. The molecular formula is C14H16BrN3O. The number of rotatable bonds is 2. The smallest absolute Gasteiger partial charge is 0.243 e. The van der Waals surface area contributed by atoms with E-state index in [1.165, 1.54) is 0 Å². The fourth-order valence-electron chi connectivity index (χ4n) is 2.27. The van der Waals surface area contributed by atoms with E-state index in [0.29, 0.717) is 12.5 Å². The van der Waals surface area contributed by atoms with Crippen molar-refractivity contribution in [3.05, 3.63) is 28.7 Å². The van der Waals surface area contributed by atoms with Gasteiger partial charge in [-0.15, -0.1) is 0 Å². The summed E-state index contributed by atoms with van der Waals surface area (Å²) in [6.07, 6.45) is 0.203. The van der Waals surface area contributed by atoms with E-state index in [-0.39, 0.29) is 12.3 Å². The van der Waals surface area contributed by atoms with E-state index >= 15 is 0 Å². The van der Waals surface area contributed by atoms with Crippen LogP contribution in [-0.4, -0.2) is 25.0 Å². The van der Waals surface area contributed by atoms with Crippen LogP contribution < -0.4 is 10.2 Å². The fourth-order valence-corrected chi connectivity index (χ4v) is 2.53. The molecule has 1 aliphatic rings. The van der Waals surface area contributed by atoms with Gasteiger partial charge in [0.15, 0.2) is 0 Å². The quantitative estimate of drug-likeness (QED) is 0.909. The maximum Gasteiger partial charge on any atom is 0.243 e. The number of hydrogen-bond acceptors (Lipinski definition) is 3. The highest BCUT2D eigenvalue weighted by Crippen LogP contribution is 2.24. The van der Waals surface area contributed by atoms with Gasteiger partial charge in [-0.25, -0.2) is 0 Å². The zero-order valence-corrected chi connectivity index (χ0v) is 12.4. The second-order valence-corrected chi connectivity index (χ2v) is 5.77. The van der Waals surface area contributed by atoms with Crippen LogP contribution >= 0.6 is 15.9 Å². The lowest BCUT2D eigenvalue weighted by atomic mass is 10.1. The molecule has 0 spiro atoms. The maximum atomic E-state index is 12.1. The second-order valence-electron chi connectivity index (χ2n) is 4.86. The van der Waals surface area contributed by atoms with Crippen molar-refractivity contribution in [1.29, 1.82) is 5.26 Å². The van der Waals surface area contributed by atoms with E-state index in [1.807, 2.05) is 29.2 Å². The molecule has 0 radical (unpaired) electrons. The van der Waals surface area contributed by atoms with Gasteiger partial charge in [0, 0.05) is 23.2 Å². The molecule has 2 atom stereocenters. The average molecular weight is 322 g/mol. The number of nitrogens with one attached hydrogen (secondary N) is 1. The second kappa shape index (κ2) is 6.07. The summed E-state index contributed by atoms with van der Waals surface area (Å²) in [6, 6.07) is 9.55. The van der Waals surface area contributed by atoms with Gasteiger partial charge in [0.1, 0.15) is 6.04 Å². The summed E-state index contributed by atoms with van der Waals surface area (Å²) in [5.41, 5.74) is 0.979. The maximum absolute atomic E-state index is 12.1. The van der Waals surface area contributed by atoms with Gasteiger partial charge in [-0.1, -0.05) is 22.9 Å². The van der Waals surface area contributed by atoms with Gasteiger partial charge in [-0.05, 0) is 30.2 Å². The summed E-state index contributed by atoms with van der Waals surface area (Å²) in [4.78, 5) is 14.1. The number of nitriles is 1. The van der Waals surface area contributed by atoms with Crippen LogP contribution in [0.4, 0.5) is 5.69 Å². The number of amides is 1. The molecule has 1 saturated heterocycles. The Morgan fingerprint density at radius 2 is 2.16 bits per heavy atom. The molecule has 1 amide bonds. The molecule has 4 nitrogen and oxygen atoms in total. The molecule has 1 aromatic carbocycles. The van der Waals surface area contributed by atoms with Crippen LogP contribution in [0.1, 0.15) is 13.3 Å². The predicted octanol–water partition coefficient (Wildman–Crippen LogP) is 2.30. The first-order valence-electron chi connectivity index (χ1n) is 6.28. The molecule has 100 valence electrons. The lowest BCUT2D eigenvalue weighted by Gasteiger charge is -2.30. The molecular weight excluding hydrogens is 306 g/mol. The fraction of sp³-hybridized carbons (Fsp3) is 0.429. The summed E-state index contributed by atoms with van der Waals surface area (Å²) in [5.74, 6) is 0.296. The number of carbonyl (C=O) groups excluding carboxylic acids is 1. The number of carbonyl (C=O) groups is 1. The minimum Gasteiger partial charge on any atom is -0.358 e. The minimum atomic E-state index is -0.406. The van der Waals surface area contributed by atoms with Gasteiger partial charge in [0.05, 0.1) is 12.5 Å². The Bertz CT molecular complexity index is 494. The summed E-state index contributed by atoms with van der Waals surface area (Å²) >= 11 is 3.40. The summed E-state index contributed by atoms with van der Waals surface area (Å²) < 4.78 is 1.00. The van der Waals surface area contributed by atoms with Crippen LogP contribution in [0, 0.1) is 17.2 Å². The van der Waals surface area contributed by atoms with E-state index in [0.717, 1.165) is 16.7 Å². The van der Waals surface area contributed by atoms with Gasteiger partial charge in [0.25, 0.3) is 0 Å². The van der Waals surface area contributed by atoms with Crippen LogP contribution in [0.15, 0.2) is 28.7 Å². The first-order chi connectivity index (χ1) is 9.11. The molecule has 2 rings (SSSR count). The van der Waals surface area contributed by atoms with Crippen molar-refractivity contribution in [3.8, 4) is 6.07 Å². The van der Waals surface area contributed by atoms with Crippen molar-refractivity contribution >= 4 is 27.5 Å². The topological polar surface area (TPSA) is 56.1 Å². The van der Waals surface area contributed by atoms with Crippen molar-refractivity contribution in [1.82, 2.24) is 5.32 Å². The standard InChI is InChI=1S/C14H16BrN3O/c1-10-8-17-14(19)13(6-7-16)18(9-10)12-4-2-11(15)3-5-12/h2-5,10,13H,6,8-9H2,1H3,(H,17,19). The highest BCUT2D eigenvalue weighted by Gasteiger charge is 2.30. The molecule has 0 aromatic heterocycles. The van der Waals surface area contributed by atoms with Crippen molar-refractivity contribution in [2.24, 2.45) is 5.92 Å². The van der Waals surface area contributed by atoms with E-state index < -0.39 is 6.04 Å². The summed E-state index contributed by atoms with van der Waals surface area (Å²) in [7, 11) is 0. The van der Waals surface area contributed by atoms with E-state index in [9.17, 15) is 4.79 Å². The molecule has 1 heterocycles. The Hall–Kier alpha value is -1.54. The number of halogens is 1. The largest absolute Gasteiger partial charge is 0.358 e. The number of nitrogens with zero attached hydrogens (tertiary/aromatic N) is 2. The Morgan fingerprint density at radius 1 is 1.47 bits per heavy atom. The van der Waals surface area contributed by atoms with Gasteiger partial charge < -0.3 is 10.2 Å². The third kappa shape index (κ3) is 3.27. The van der Waals surface area contributed by atoms with Gasteiger partial charge in [-0.2, -0.15) is 5.26 Å². The molecule has 0 bridgehead atoms. The van der Waals surface area contributed by atoms with E-state index in [4.69, 9.17) is 5.26 Å². The van der Waals surface area contributed by atoms with Crippen LogP contribution in [-0.2, 0) is 4.79 Å². The van der Waals surface area contributed by atoms with Gasteiger partial charge >= 0.3 is 0 Å². The van der Waals surface area contributed by atoms with Gasteiger partial charge in [-0.3, -0.25) is 4.79 Å². The van der Waals surface area contributed by atoms with E-state index in [2.05, 4.69) is 34.2 Å². The minimum absolute atomic E-state index is 0.0613. The highest BCUT2D eigenvalue weighted by molar-refractivity contribution is 9.10. The van der Waals surface area contributed by atoms with Crippen LogP contribution in [0.2, 0.25) is 0 Å². The van der Waals surface area contributed by atoms with Crippen molar-refractivity contribution in [2.45, 2.75) is 19.4 Å². The zero-order chi connectivity index (χ0) is 13.8. The highest BCUT2D eigenvalue weighted by atomic mass is 79.9. The predicted molar refractivity (Wildman–Crippen MR) is 77.7 cm³/mol. The third-order valence-electron chi connectivity index (χ3n) is 3.25. The first-order valence-corrected chi connectivity index (χ1v) is 7.08. The molecule has 0 aliphatic carbocycles. The van der Waals surface area contributed by atoms with Crippen LogP contribution in [0.25, 0.3) is 0 Å². The number of anilines is 1. The molecule has 1 aliphatic heterocycles. The molecule has 1 fully saturated rings. The first kappa shape index (κ1) is 13.9. The van der Waals surface area contributed by atoms with Crippen molar-refractivity contribution in [2.75, 3.05) is 18.0 Å². The Labute approximate surface area is 121 Å². The average Bonchev–Trinajstić information content (AvgIpc) is 2.53. The molecule has 19 heavy (non-hydrogen) atoms. The molecule has 2 unspecified atom stereocenters. The van der Waals surface area contributed by atoms with Crippen molar-refractivity contribution < 1.29 is 4.79 Å². The molecule has 0 saturated carbocycles. The summed E-state index contributed by atoms with van der Waals surface area (Å²) in [6.45, 7) is 3.53. The molecule has 5 heteroatoms. The zero-order valence-electron chi connectivity index (χ0n) is 10.8. The lowest BCUT2D eigenvalue weighted by molar-refractivity contribution is -0.122. The Balaban J connectivity index is 2.33. The monoisotopic (exact) mass is 321 g/mol. The molecule has 1 N–H and O–H groups in total. The van der Waals surface area contributed by atoms with E-state index in [1.54, 1.807) is 0 Å². The van der Waals surface area contributed by atoms with Crippen molar-refractivity contribution in [3.63, 3.8) is 0 Å². The lowest BCUT2D eigenvalue weighted by Crippen LogP contribution is -2.44. The number of benzene rings is 1. The van der Waals surface area contributed by atoms with Gasteiger partial charge in [0.2, 0.25) is 5.91 Å².